The van der Waals surface area contributed by atoms with Gasteiger partial charge in [-0.25, -0.2) is 4.57 Å². The Labute approximate surface area is 402 Å². The van der Waals surface area contributed by atoms with Gasteiger partial charge < -0.3 is 19.4 Å². The van der Waals surface area contributed by atoms with Crippen LogP contribution in [0.25, 0.3) is 0 Å². The van der Waals surface area contributed by atoms with Gasteiger partial charge in [0.1, 0.15) is 19.3 Å². The summed E-state index contributed by atoms with van der Waals surface area (Å²) < 4.78 is 30.5. The smallest absolute Gasteiger partial charge is 0.456 e. The minimum Gasteiger partial charge on any atom is -0.456 e. The zero-order chi connectivity index (χ0) is 48.0. The van der Waals surface area contributed by atoms with E-state index in [4.69, 9.17) is 13.8 Å². The standard InChI is InChI=1S/C55H105N2O7P/c1-7-10-13-16-19-22-25-27-28-30-33-36-39-42-45-48-55(59)64-53(46-43-40-37-34-32-29-26-23-20-17-14-11-8-2)52(51-63-65(60,61)62-50-49-57(4,5)6)56-54(58)47-44-41-38-35-31-24-21-18-15-12-9-3/h18,21-22,25,43,46,52-53H,7-17,19-20,23-24,26-42,44-45,47-51H2,1-6H3,(H-,56,58,60,61)/p+1/b21-18-,25-22-,46-43+. The van der Waals surface area contributed by atoms with Crippen LogP contribution >= 0.6 is 7.82 Å². The van der Waals surface area contributed by atoms with Crippen molar-refractivity contribution in [2.24, 2.45) is 0 Å². The van der Waals surface area contributed by atoms with E-state index in [9.17, 15) is 19.0 Å². The van der Waals surface area contributed by atoms with Gasteiger partial charge in [0.15, 0.2) is 0 Å². The van der Waals surface area contributed by atoms with E-state index in [1.165, 1.54) is 128 Å². The van der Waals surface area contributed by atoms with Gasteiger partial charge in [-0.1, -0.05) is 199 Å². The Morgan fingerprint density at radius 3 is 1.37 bits per heavy atom. The number of likely N-dealkylation sites (N-methyl/N-ethyl adjacent to an activating group) is 1. The molecule has 0 radical (unpaired) electrons. The van der Waals surface area contributed by atoms with Crippen LogP contribution in [-0.2, 0) is 27.9 Å². The van der Waals surface area contributed by atoms with E-state index in [-0.39, 0.29) is 31.5 Å². The molecule has 0 aliphatic heterocycles. The first-order chi connectivity index (χ1) is 31.4. The molecule has 10 heteroatoms. The highest BCUT2D eigenvalue weighted by Crippen LogP contribution is 2.43. The first kappa shape index (κ1) is 63.2. The summed E-state index contributed by atoms with van der Waals surface area (Å²) in [4.78, 5) is 37.4. The van der Waals surface area contributed by atoms with Crippen LogP contribution in [0, 0.1) is 0 Å². The Morgan fingerprint density at radius 2 is 0.908 bits per heavy atom. The van der Waals surface area contributed by atoms with Gasteiger partial charge in [0.25, 0.3) is 0 Å². The van der Waals surface area contributed by atoms with Gasteiger partial charge in [-0.15, -0.1) is 0 Å². The molecule has 0 aliphatic carbocycles. The summed E-state index contributed by atoms with van der Waals surface area (Å²) >= 11 is 0. The number of rotatable bonds is 49. The first-order valence-electron chi connectivity index (χ1n) is 27.3. The van der Waals surface area contributed by atoms with Crippen LogP contribution in [0.1, 0.15) is 252 Å². The summed E-state index contributed by atoms with van der Waals surface area (Å²) in [6.07, 6.45) is 52.7. The number of nitrogens with zero attached hydrogens (tertiary/aromatic N) is 1. The van der Waals surface area contributed by atoms with Crippen molar-refractivity contribution in [3.63, 3.8) is 0 Å². The lowest BCUT2D eigenvalue weighted by Gasteiger charge is -2.27. The molecule has 1 amide bonds. The number of carbonyl (C=O) groups is 2. The molecule has 2 N–H and O–H groups in total. The second-order valence-electron chi connectivity index (χ2n) is 19.7. The minimum atomic E-state index is -4.44. The monoisotopic (exact) mass is 938 g/mol. The zero-order valence-corrected chi connectivity index (χ0v) is 44.4. The number of carbonyl (C=O) groups excluding carboxylic acids is 2. The number of esters is 1. The van der Waals surface area contributed by atoms with E-state index >= 15 is 0 Å². The lowest BCUT2D eigenvalue weighted by atomic mass is 10.0. The first-order valence-corrected chi connectivity index (χ1v) is 28.8. The number of quaternary nitrogens is 1. The highest BCUT2D eigenvalue weighted by atomic mass is 31.2. The highest BCUT2D eigenvalue weighted by molar-refractivity contribution is 7.47. The number of phosphoric ester groups is 1. The number of hydrogen-bond donors (Lipinski definition) is 2. The van der Waals surface area contributed by atoms with E-state index < -0.39 is 20.0 Å². The molecule has 0 saturated heterocycles. The third-order valence-electron chi connectivity index (χ3n) is 12.1. The normalized spacial score (nSPS) is 14.1. The molecule has 0 rings (SSSR count). The third kappa shape index (κ3) is 47.1. The van der Waals surface area contributed by atoms with Gasteiger partial charge in [-0.05, 0) is 76.7 Å². The Balaban J connectivity index is 5.41. The highest BCUT2D eigenvalue weighted by Gasteiger charge is 2.30. The minimum absolute atomic E-state index is 0.0390. The third-order valence-corrected chi connectivity index (χ3v) is 13.0. The SMILES string of the molecule is CCCC/C=C\CCCCCCCC(=O)NC(COP(=O)(O)OCC[N+](C)(C)C)C(/C=C/CCCCCCCCCCCCC)OC(=O)CCCCCCCCC/C=C\CCCCCC. The summed E-state index contributed by atoms with van der Waals surface area (Å²) in [6.45, 7) is 6.95. The van der Waals surface area contributed by atoms with Gasteiger partial charge in [0.2, 0.25) is 5.91 Å². The summed E-state index contributed by atoms with van der Waals surface area (Å²) in [5, 5.41) is 3.03. The van der Waals surface area contributed by atoms with E-state index in [0.717, 1.165) is 89.9 Å². The fourth-order valence-corrected chi connectivity index (χ4v) is 8.47. The number of phosphoric acid groups is 1. The van der Waals surface area contributed by atoms with Crippen LogP contribution in [-0.4, -0.2) is 74.3 Å². The van der Waals surface area contributed by atoms with Crippen molar-refractivity contribution in [1.82, 2.24) is 5.32 Å². The maximum Gasteiger partial charge on any atom is 0.472 e. The van der Waals surface area contributed by atoms with Crippen LogP contribution < -0.4 is 5.32 Å². The molecule has 0 spiro atoms. The van der Waals surface area contributed by atoms with Crippen molar-refractivity contribution in [1.29, 1.82) is 0 Å². The lowest BCUT2D eigenvalue weighted by molar-refractivity contribution is -0.870. The van der Waals surface area contributed by atoms with Crippen LogP contribution in [0.3, 0.4) is 0 Å². The molecule has 0 saturated carbocycles. The maximum absolute atomic E-state index is 13.4. The molecule has 0 fully saturated rings. The molecule has 9 nitrogen and oxygen atoms in total. The Hall–Kier alpha value is -1.77. The van der Waals surface area contributed by atoms with Crippen LogP contribution in [0.2, 0.25) is 0 Å². The zero-order valence-electron chi connectivity index (χ0n) is 43.5. The fraction of sp³-hybridized carbons (Fsp3) is 0.855. The van der Waals surface area contributed by atoms with E-state index in [1.54, 1.807) is 0 Å². The summed E-state index contributed by atoms with van der Waals surface area (Å²) in [6, 6.07) is -0.849. The van der Waals surface area contributed by atoms with E-state index in [0.29, 0.717) is 17.4 Å². The molecule has 0 aromatic heterocycles. The topological polar surface area (TPSA) is 111 Å². The molecule has 0 aliphatic rings. The Bertz CT molecular complexity index is 1220. The van der Waals surface area contributed by atoms with Crippen LogP contribution in [0.15, 0.2) is 36.5 Å². The Kier molecular flexibility index (Phi) is 44.7. The molecule has 382 valence electrons. The van der Waals surface area contributed by atoms with Crippen molar-refractivity contribution in [3.05, 3.63) is 36.5 Å². The molecular formula is C55H106N2O7P+. The number of ether oxygens (including phenoxy) is 1. The van der Waals surface area contributed by atoms with Gasteiger partial charge in [-0.3, -0.25) is 18.6 Å². The molecular weight excluding hydrogens is 832 g/mol. The van der Waals surface area contributed by atoms with Crippen molar-refractivity contribution in [2.75, 3.05) is 40.9 Å². The fourth-order valence-electron chi connectivity index (χ4n) is 7.74. The van der Waals surface area contributed by atoms with Crippen LogP contribution in [0.4, 0.5) is 0 Å². The summed E-state index contributed by atoms with van der Waals surface area (Å²) in [5.74, 6) is -0.518. The molecule has 0 heterocycles. The summed E-state index contributed by atoms with van der Waals surface area (Å²) in [5.41, 5.74) is 0. The molecule has 3 unspecified atom stereocenters. The van der Waals surface area contributed by atoms with Crippen molar-refractivity contribution in [2.45, 2.75) is 264 Å². The molecule has 0 bridgehead atoms. The number of allylic oxidation sites excluding steroid dienone is 5. The van der Waals surface area contributed by atoms with E-state index in [2.05, 4.69) is 50.4 Å². The van der Waals surface area contributed by atoms with E-state index in [1.807, 2.05) is 33.3 Å². The predicted molar refractivity (Wildman–Crippen MR) is 277 cm³/mol. The number of unbranched alkanes of at least 4 members (excludes halogenated alkanes) is 29. The number of hydrogen-bond acceptors (Lipinski definition) is 6. The quantitative estimate of drug-likeness (QED) is 0.0205. The molecule has 3 atom stereocenters. The lowest BCUT2D eigenvalue weighted by Crippen LogP contribution is -2.47. The van der Waals surface area contributed by atoms with Crippen molar-refractivity contribution in [3.8, 4) is 0 Å². The van der Waals surface area contributed by atoms with Crippen molar-refractivity contribution < 1.29 is 37.3 Å². The number of nitrogens with one attached hydrogen (secondary N) is 1. The second-order valence-corrected chi connectivity index (χ2v) is 21.2. The van der Waals surface area contributed by atoms with Crippen molar-refractivity contribution >= 4 is 19.7 Å². The molecule has 0 aromatic carbocycles. The van der Waals surface area contributed by atoms with Gasteiger partial charge >= 0.3 is 13.8 Å². The molecule has 0 aromatic rings. The second kappa shape index (κ2) is 46.0. The maximum atomic E-state index is 13.4. The number of amides is 1. The average Bonchev–Trinajstić information content (AvgIpc) is 3.26. The largest absolute Gasteiger partial charge is 0.472 e. The van der Waals surface area contributed by atoms with Crippen LogP contribution in [0.5, 0.6) is 0 Å². The van der Waals surface area contributed by atoms with Gasteiger partial charge in [0, 0.05) is 12.8 Å². The molecule has 65 heavy (non-hydrogen) atoms. The average molecular weight is 938 g/mol. The predicted octanol–water partition coefficient (Wildman–Crippen LogP) is 16.0. The Morgan fingerprint density at radius 1 is 0.523 bits per heavy atom. The summed E-state index contributed by atoms with van der Waals surface area (Å²) in [7, 11) is 1.49. The van der Waals surface area contributed by atoms with Gasteiger partial charge in [-0.2, -0.15) is 0 Å². The van der Waals surface area contributed by atoms with Gasteiger partial charge in [0.05, 0.1) is 33.8 Å².